The van der Waals surface area contributed by atoms with Crippen molar-refractivity contribution in [2.45, 2.75) is 57.2 Å². The number of aldehydes is 1. The van der Waals surface area contributed by atoms with Gasteiger partial charge in [0.25, 0.3) is 0 Å². The van der Waals surface area contributed by atoms with E-state index in [2.05, 4.69) is 0 Å². The Morgan fingerprint density at radius 2 is 1.83 bits per heavy atom. The van der Waals surface area contributed by atoms with Crippen LogP contribution in [0.1, 0.15) is 51.2 Å². The molecule has 1 N–H and O–H groups in total. The quantitative estimate of drug-likeness (QED) is 0.802. The van der Waals surface area contributed by atoms with Crippen LogP contribution in [-0.4, -0.2) is 30.3 Å². The number of halogens is 3. The summed E-state index contributed by atoms with van der Waals surface area (Å²) in [6.07, 6.45) is -6.26. The molecule has 23 heavy (non-hydrogen) atoms. The number of carbonyl (C=O) groups is 1. The van der Waals surface area contributed by atoms with Crippen molar-refractivity contribution in [3.63, 3.8) is 0 Å². The lowest BCUT2D eigenvalue weighted by Gasteiger charge is -2.35. The van der Waals surface area contributed by atoms with Gasteiger partial charge in [-0.05, 0) is 16.9 Å². The summed E-state index contributed by atoms with van der Waals surface area (Å²) >= 11 is 0. The van der Waals surface area contributed by atoms with Crippen LogP contribution in [0.2, 0.25) is 0 Å². The minimum absolute atomic E-state index is 0.119. The zero-order valence-corrected chi connectivity index (χ0v) is 14.0. The summed E-state index contributed by atoms with van der Waals surface area (Å²) in [5.74, 6) is 0.608. The SMILES string of the molecule is COc1c(C(C)C)cccc1C(C)(C)CC(O)(C=O)C(F)(F)F. The van der Waals surface area contributed by atoms with Gasteiger partial charge in [-0.15, -0.1) is 0 Å². The van der Waals surface area contributed by atoms with Gasteiger partial charge in [0.15, 0.2) is 6.29 Å². The monoisotopic (exact) mass is 332 g/mol. The summed E-state index contributed by atoms with van der Waals surface area (Å²) in [5.41, 5.74) is -3.13. The van der Waals surface area contributed by atoms with E-state index in [-0.39, 0.29) is 5.92 Å². The van der Waals surface area contributed by atoms with E-state index in [4.69, 9.17) is 4.74 Å². The van der Waals surface area contributed by atoms with E-state index < -0.39 is 29.9 Å². The third kappa shape index (κ3) is 3.86. The largest absolute Gasteiger partial charge is 0.496 e. The summed E-state index contributed by atoms with van der Waals surface area (Å²) in [6.45, 7) is 7.00. The average molecular weight is 332 g/mol. The number of aliphatic hydroxyl groups is 1. The van der Waals surface area contributed by atoms with Gasteiger partial charge in [-0.1, -0.05) is 45.9 Å². The van der Waals surface area contributed by atoms with Crippen LogP contribution in [0.4, 0.5) is 13.2 Å². The van der Waals surface area contributed by atoms with Crippen LogP contribution >= 0.6 is 0 Å². The van der Waals surface area contributed by atoms with Crippen LogP contribution in [0.5, 0.6) is 5.75 Å². The first-order valence-electron chi connectivity index (χ1n) is 7.32. The van der Waals surface area contributed by atoms with Crippen molar-refractivity contribution in [1.29, 1.82) is 0 Å². The van der Waals surface area contributed by atoms with E-state index in [0.29, 0.717) is 11.3 Å². The molecule has 1 rings (SSSR count). The molecule has 1 aromatic rings. The molecular formula is C17H23F3O3. The highest BCUT2D eigenvalue weighted by Gasteiger charge is 2.56. The van der Waals surface area contributed by atoms with Gasteiger partial charge in [-0.2, -0.15) is 13.2 Å². The maximum absolute atomic E-state index is 13.0. The molecule has 0 saturated heterocycles. The molecule has 1 unspecified atom stereocenters. The van der Waals surface area contributed by atoms with Gasteiger partial charge in [0.2, 0.25) is 5.60 Å². The van der Waals surface area contributed by atoms with Crippen LogP contribution in [0.25, 0.3) is 0 Å². The highest BCUT2D eigenvalue weighted by Crippen LogP contribution is 2.44. The lowest BCUT2D eigenvalue weighted by atomic mass is 9.74. The van der Waals surface area contributed by atoms with E-state index >= 15 is 0 Å². The van der Waals surface area contributed by atoms with Crippen molar-refractivity contribution >= 4 is 6.29 Å². The molecule has 6 heteroatoms. The minimum Gasteiger partial charge on any atom is -0.496 e. The molecule has 0 aliphatic carbocycles. The molecule has 0 aromatic heterocycles. The molecule has 0 spiro atoms. The number of carbonyl (C=O) groups excluding carboxylic acids is 1. The van der Waals surface area contributed by atoms with Crippen LogP contribution in [-0.2, 0) is 10.2 Å². The predicted molar refractivity (Wildman–Crippen MR) is 81.8 cm³/mol. The summed E-state index contributed by atoms with van der Waals surface area (Å²) in [7, 11) is 1.45. The molecule has 0 aliphatic heterocycles. The molecule has 0 fully saturated rings. The lowest BCUT2D eigenvalue weighted by molar-refractivity contribution is -0.250. The third-order valence-electron chi connectivity index (χ3n) is 4.00. The first-order chi connectivity index (χ1) is 10.4. The Morgan fingerprint density at radius 3 is 2.22 bits per heavy atom. The number of rotatable bonds is 6. The molecule has 130 valence electrons. The van der Waals surface area contributed by atoms with Crippen molar-refractivity contribution in [3.05, 3.63) is 29.3 Å². The highest BCUT2D eigenvalue weighted by atomic mass is 19.4. The van der Waals surface area contributed by atoms with E-state index in [1.807, 2.05) is 19.9 Å². The van der Waals surface area contributed by atoms with E-state index in [0.717, 1.165) is 5.56 Å². The average Bonchev–Trinajstić information content (AvgIpc) is 2.44. The number of hydrogen-bond donors (Lipinski definition) is 1. The number of methoxy groups -OCH3 is 1. The Hall–Kier alpha value is -1.56. The fourth-order valence-corrected chi connectivity index (χ4v) is 2.75. The maximum atomic E-state index is 13.0. The van der Waals surface area contributed by atoms with Gasteiger partial charge in [0.1, 0.15) is 5.75 Å². The smallest absolute Gasteiger partial charge is 0.424 e. The second kappa shape index (κ2) is 6.51. The predicted octanol–water partition coefficient (Wildman–Crippen LogP) is 3.98. The molecule has 1 aromatic carbocycles. The molecular weight excluding hydrogens is 309 g/mol. The third-order valence-corrected chi connectivity index (χ3v) is 4.00. The number of ether oxygens (including phenoxy) is 1. The number of hydrogen-bond acceptors (Lipinski definition) is 3. The molecule has 0 saturated carbocycles. The molecule has 0 bridgehead atoms. The summed E-state index contributed by atoms with van der Waals surface area (Å²) in [6, 6.07) is 5.24. The molecule has 0 aliphatic rings. The molecule has 3 nitrogen and oxygen atoms in total. The van der Waals surface area contributed by atoms with Crippen LogP contribution in [0.15, 0.2) is 18.2 Å². The summed E-state index contributed by atoms with van der Waals surface area (Å²) < 4.78 is 44.5. The minimum atomic E-state index is -5.03. The van der Waals surface area contributed by atoms with E-state index in [1.165, 1.54) is 7.11 Å². The summed E-state index contributed by atoms with van der Waals surface area (Å²) in [5, 5.41) is 9.76. The Morgan fingerprint density at radius 1 is 1.26 bits per heavy atom. The first kappa shape index (κ1) is 19.5. The number of benzene rings is 1. The zero-order chi connectivity index (χ0) is 18.1. The molecule has 0 heterocycles. The van der Waals surface area contributed by atoms with Gasteiger partial charge >= 0.3 is 6.18 Å². The number of para-hydroxylation sites is 1. The van der Waals surface area contributed by atoms with Gasteiger partial charge in [0.05, 0.1) is 7.11 Å². The van der Waals surface area contributed by atoms with Crippen LogP contribution in [0.3, 0.4) is 0 Å². The zero-order valence-electron chi connectivity index (χ0n) is 14.0. The normalized spacial score (nSPS) is 15.4. The fraction of sp³-hybridized carbons (Fsp3) is 0.588. The number of alkyl halides is 3. The standard InChI is InChI=1S/C17H23F3O3/c1-11(2)12-7-6-8-13(14(12)23-5)15(3,4)9-16(22,10-21)17(18,19)20/h6-8,10-11,22H,9H2,1-5H3. The fourth-order valence-electron chi connectivity index (χ4n) is 2.75. The topological polar surface area (TPSA) is 46.5 Å². The van der Waals surface area contributed by atoms with Gasteiger partial charge in [-0.25, -0.2) is 0 Å². The van der Waals surface area contributed by atoms with Crippen molar-refractivity contribution in [2.75, 3.05) is 7.11 Å². The van der Waals surface area contributed by atoms with E-state index in [1.54, 1.807) is 26.0 Å². The molecule has 1 atom stereocenters. The first-order valence-corrected chi connectivity index (χ1v) is 7.32. The Bertz CT molecular complexity index is 565. The van der Waals surface area contributed by atoms with Gasteiger partial charge in [-0.3, -0.25) is 4.79 Å². The maximum Gasteiger partial charge on any atom is 0.424 e. The highest BCUT2D eigenvalue weighted by molar-refractivity contribution is 5.64. The second-order valence-electron chi connectivity index (χ2n) is 6.68. The Kier molecular flexibility index (Phi) is 5.52. The van der Waals surface area contributed by atoms with Gasteiger partial charge in [0, 0.05) is 12.0 Å². The van der Waals surface area contributed by atoms with Crippen molar-refractivity contribution in [1.82, 2.24) is 0 Å². The van der Waals surface area contributed by atoms with Crippen molar-refractivity contribution < 1.29 is 27.8 Å². The molecule has 0 amide bonds. The second-order valence-corrected chi connectivity index (χ2v) is 6.68. The Labute approximate surface area is 134 Å². The van der Waals surface area contributed by atoms with Crippen LogP contribution in [0, 0.1) is 0 Å². The Balaban J connectivity index is 3.39. The van der Waals surface area contributed by atoms with E-state index in [9.17, 15) is 23.1 Å². The lowest BCUT2D eigenvalue weighted by Crippen LogP contribution is -2.50. The van der Waals surface area contributed by atoms with Crippen LogP contribution < -0.4 is 4.74 Å². The molecule has 0 radical (unpaired) electrons. The summed E-state index contributed by atoms with van der Waals surface area (Å²) in [4.78, 5) is 10.9. The van der Waals surface area contributed by atoms with Gasteiger partial charge < -0.3 is 9.84 Å². The van der Waals surface area contributed by atoms with Crippen molar-refractivity contribution in [2.24, 2.45) is 0 Å². The van der Waals surface area contributed by atoms with Crippen molar-refractivity contribution in [3.8, 4) is 5.75 Å².